The van der Waals surface area contributed by atoms with Gasteiger partial charge in [0, 0.05) is 16.8 Å². The van der Waals surface area contributed by atoms with Crippen molar-refractivity contribution in [1.29, 1.82) is 0 Å². The lowest BCUT2D eigenvalue weighted by Crippen LogP contribution is -2.27. The average molecular weight is 414 g/mol. The van der Waals surface area contributed by atoms with Crippen LogP contribution in [-0.2, 0) is 21.0 Å². The molecule has 0 aliphatic rings. The summed E-state index contributed by atoms with van der Waals surface area (Å²) >= 11 is 0. The molecule has 0 radical (unpaired) electrons. The van der Waals surface area contributed by atoms with Crippen LogP contribution in [0.15, 0.2) is 47.4 Å². The van der Waals surface area contributed by atoms with Gasteiger partial charge in [0.2, 0.25) is 5.91 Å². The Bertz CT molecular complexity index is 977. The van der Waals surface area contributed by atoms with E-state index in [1.807, 2.05) is 0 Å². The van der Waals surface area contributed by atoms with Gasteiger partial charge in [0.05, 0.1) is 10.5 Å². The summed E-state index contributed by atoms with van der Waals surface area (Å²) in [7, 11) is -4.21. The van der Waals surface area contributed by atoms with Crippen LogP contribution in [0.3, 0.4) is 0 Å². The minimum Gasteiger partial charge on any atom is -0.326 e. The lowest BCUT2D eigenvalue weighted by atomic mass is 9.95. The highest BCUT2D eigenvalue weighted by Crippen LogP contribution is 2.33. The highest BCUT2D eigenvalue weighted by Gasteiger charge is 2.33. The highest BCUT2D eigenvalue weighted by molar-refractivity contribution is 7.92. The van der Waals surface area contributed by atoms with Crippen LogP contribution in [0.5, 0.6) is 0 Å². The average Bonchev–Trinajstić information content (AvgIpc) is 2.54. The smallest absolute Gasteiger partial charge is 0.326 e. The van der Waals surface area contributed by atoms with Gasteiger partial charge in [0.25, 0.3) is 10.0 Å². The third-order valence-corrected chi connectivity index (χ3v) is 5.28. The summed E-state index contributed by atoms with van der Waals surface area (Å²) in [5.41, 5.74) is -1.04. The van der Waals surface area contributed by atoms with E-state index >= 15 is 0 Å². The number of sulfonamides is 1. The summed E-state index contributed by atoms with van der Waals surface area (Å²) in [5.74, 6) is -0.208. The van der Waals surface area contributed by atoms with Gasteiger partial charge in [-0.15, -0.1) is 0 Å². The van der Waals surface area contributed by atoms with Crippen molar-refractivity contribution in [2.45, 2.75) is 38.8 Å². The molecule has 0 spiro atoms. The van der Waals surface area contributed by atoms with E-state index in [1.165, 1.54) is 31.2 Å². The number of aryl methyl sites for hydroxylation is 1. The Balaban J connectivity index is 2.22. The maximum atomic E-state index is 13.0. The molecule has 0 heterocycles. The fourth-order valence-corrected chi connectivity index (χ4v) is 3.31. The summed E-state index contributed by atoms with van der Waals surface area (Å²) < 4.78 is 66.2. The summed E-state index contributed by atoms with van der Waals surface area (Å²) in [6, 6.07) is 8.65. The van der Waals surface area contributed by atoms with Gasteiger partial charge in [-0.1, -0.05) is 26.8 Å². The number of halogens is 3. The molecule has 0 aliphatic carbocycles. The molecule has 1 amide bonds. The molecule has 0 aromatic heterocycles. The third-order valence-electron chi connectivity index (χ3n) is 3.90. The molecular weight excluding hydrogens is 393 g/mol. The summed E-state index contributed by atoms with van der Waals surface area (Å²) in [6.07, 6.45) is -4.65. The topological polar surface area (TPSA) is 75.3 Å². The zero-order valence-electron chi connectivity index (χ0n) is 15.8. The molecule has 0 bridgehead atoms. The minimum absolute atomic E-state index is 0.0645. The third kappa shape index (κ3) is 5.25. The molecule has 0 saturated heterocycles. The van der Waals surface area contributed by atoms with E-state index < -0.39 is 32.1 Å². The van der Waals surface area contributed by atoms with Gasteiger partial charge in [0.15, 0.2) is 0 Å². The standard InChI is InChI=1S/C19H21F3N2O3S/c1-12-5-10-15(11-16(12)19(20,21)22)28(26,27)24-14-8-6-13(7-9-14)23-17(25)18(2,3)4/h5-11,24H,1-4H3,(H,23,25). The van der Waals surface area contributed by atoms with Gasteiger partial charge in [-0.3, -0.25) is 9.52 Å². The van der Waals surface area contributed by atoms with Crippen LogP contribution in [-0.4, -0.2) is 14.3 Å². The first-order valence-electron chi connectivity index (χ1n) is 8.32. The van der Waals surface area contributed by atoms with Gasteiger partial charge in [-0.2, -0.15) is 13.2 Å². The Labute approximate surface area is 162 Å². The number of nitrogens with one attached hydrogen (secondary N) is 2. The lowest BCUT2D eigenvalue weighted by Gasteiger charge is -2.18. The molecule has 5 nitrogen and oxygen atoms in total. The summed E-state index contributed by atoms with van der Waals surface area (Å²) in [4.78, 5) is 11.5. The first-order valence-corrected chi connectivity index (χ1v) is 9.81. The Morgan fingerprint density at radius 2 is 1.46 bits per heavy atom. The van der Waals surface area contributed by atoms with E-state index in [2.05, 4.69) is 10.0 Å². The molecule has 2 aromatic rings. The van der Waals surface area contributed by atoms with Crippen molar-refractivity contribution in [3.63, 3.8) is 0 Å². The van der Waals surface area contributed by atoms with Crippen LogP contribution in [0.25, 0.3) is 0 Å². The molecule has 0 unspecified atom stereocenters. The Hall–Kier alpha value is -2.55. The molecular formula is C19H21F3N2O3S. The number of hydrogen-bond acceptors (Lipinski definition) is 3. The monoisotopic (exact) mass is 414 g/mol. The van der Waals surface area contributed by atoms with Crippen LogP contribution >= 0.6 is 0 Å². The van der Waals surface area contributed by atoms with Gasteiger partial charge < -0.3 is 5.32 Å². The number of rotatable bonds is 4. The number of anilines is 2. The van der Waals surface area contributed by atoms with E-state index in [0.717, 1.165) is 12.1 Å². The van der Waals surface area contributed by atoms with E-state index in [9.17, 15) is 26.4 Å². The van der Waals surface area contributed by atoms with E-state index in [-0.39, 0.29) is 17.2 Å². The van der Waals surface area contributed by atoms with E-state index in [4.69, 9.17) is 0 Å². The zero-order valence-corrected chi connectivity index (χ0v) is 16.6. The highest BCUT2D eigenvalue weighted by atomic mass is 32.2. The Morgan fingerprint density at radius 3 is 1.96 bits per heavy atom. The number of hydrogen-bond donors (Lipinski definition) is 2. The second-order valence-corrected chi connectivity index (χ2v) is 9.04. The molecule has 152 valence electrons. The van der Waals surface area contributed by atoms with Gasteiger partial charge in [0.1, 0.15) is 0 Å². The van der Waals surface area contributed by atoms with Crippen LogP contribution in [0.1, 0.15) is 31.9 Å². The van der Waals surface area contributed by atoms with Crippen LogP contribution < -0.4 is 10.0 Å². The van der Waals surface area contributed by atoms with Gasteiger partial charge in [-0.25, -0.2) is 8.42 Å². The summed E-state index contributed by atoms with van der Waals surface area (Å²) in [5, 5.41) is 2.69. The first kappa shape index (κ1) is 21.7. The predicted octanol–water partition coefficient (Wildman–Crippen LogP) is 4.80. The molecule has 0 fully saturated rings. The summed E-state index contributed by atoms with van der Waals surface area (Å²) in [6.45, 7) is 6.52. The number of alkyl halides is 3. The number of benzene rings is 2. The van der Waals surface area contributed by atoms with Crippen LogP contribution in [0.4, 0.5) is 24.5 Å². The van der Waals surface area contributed by atoms with Crippen molar-refractivity contribution in [2.24, 2.45) is 5.41 Å². The normalized spacial score (nSPS) is 12.5. The zero-order chi connectivity index (χ0) is 21.3. The second kappa shape index (κ2) is 7.46. The maximum absolute atomic E-state index is 13.0. The number of amides is 1. The van der Waals surface area contributed by atoms with Crippen molar-refractivity contribution in [1.82, 2.24) is 0 Å². The molecule has 0 saturated carbocycles. The predicted molar refractivity (Wildman–Crippen MR) is 102 cm³/mol. The van der Waals surface area contributed by atoms with Crippen molar-refractivity contribution >= 4 is 27.3 Å². The molecule has 9 heteroatoms. The molecule has 2 rings (SSSR count). The van der Waals surface area contributed by atoms with E-state index in [0.29, 0.717) is 11.8 Å². The van der Waals surface area contributed by atoms with Crippen molar-refractivity contribution in [2.75, 3.05) is 10.0 Å². The maximum Gasteiger partial charge on any atom is 0.416 e. The molecule has 2 aromatic carbocycles. The van der Waals surface area contributed by atoms with Crippen LogP contribution in [0.2, 0.25) is 0 Å². The van der Waals surface area contributed by atoms with Gasteiger partial charge in [-0.05, 0) is 48.9 Å². The van der Waals surface area contributed by atoms with Crippen molar-refractivity contribution < 1.29 is 26.4 Å². The second-order valence-electron chi connectivity index (χ2n) is 7.36. The lowest BCUT2D eigenvalue weighted by molar-refractivity contribution is -0.138. The number of carbonyl (C=O) groups excluding carboxylic acids is 1. The Kier molecular flexibility index (Phi) is 5.79. The fraction of sp³-hybridized carbons (Fsp3) is 0.316. The molecule has 0 aliphatic heterocycles. The molecule has 28 heavy (non-hydrogen) atoms. The molecule has 0 atom stereocenters. The SMILES string of the molecule is Cc1ccc(S(=O)(=O)Nc2ccc(NC(=O)C(C)(C)C)cc2)cc1C(F)(F)F. The van der Waals surface area contributed by atoms with Crippen molar-refractivity contribution in [3.8, 4) is 0 Å². The van der Waals surface area contributed by atoms with Crippen molar-refractivity contribution in [3.05, 3.63) is 53.6 Å². The fourth-order valence-electron chi connectivity index (χ4n) is 2.23. The van der Waals surface area contributed by atoms with Gasteiger partial charge >= 0.3 is 6.18 Å². The minimum atomic E-state index is -4.65. The Morgan fingerprint density at radius 1 is 0.929 bits per heavy atom. The first-order chi connectivity index (χ1) is 12.7. The largest absolute Gasteiger partial charge is 0.416 e. The van der Waals surface area contributed by atoms with E-state index in [1.54, 1.807) is 20.8 Å². The number of carbonyl (C=O) groups is 1. The van der Waals surface area contributed by atoms with Crippen LogP contribution in [0, 0.1) is 12.3 Å². The quantitative estimate of drug-likeness (QED) is 0.755. The molecule has 2 N–H and O–H groups in total.